The van der Waals surface area contributed by atoms with Crippen LogP contribution in [0.15, 0.2) is 170 Å². The molecule has 0 spiro atoms. The SMILES string of the molecule is Cc1cc(C)c(-c2c3nc(c(-c4c(C)cc(C)cc4C)c4ccc([n-]4)c(-c4c(C)cc(C)cc4C)c4nc(c(-c5ccc(C#CC#Cc6ccc(-c7c8nc(c(-c9c(C)cc(C)cc9C)c9ccc([n-]9)c(-c9c(C)cc(C)cc9C)c9nc(c(-c%10c(C)cc(C)cc%10C)c%10ccc7[n-]%10)C=C9)C=C8)cc6)cc5)c5ccc2[n-]5)C=C4)C=C3)c(C)c1.[Mg+2].[Mg+2]. The summed E-state index contributed by atoms with van der Waals surface area (Å²) in [7, 11) is 0. The van der Waals surface area contributed by atoms with Crippen molar-refractivity contribution >= 4 is 139 Å². The molecular formula is C110H90Mg2N8. The molecule has 0 atom stereocenters. The van der Waals surface area contributed by atoms with Crippen molar-refractivity contribution < 1.29 is 0 Å². The van der Waals surface area contributed by atoms with Crippen LogP contribution in [0.5, 0.6) is 0 Å². The Bertz CT molecular complexity index is 6680. The normalized spacial score (nSPS) is 11.8. The van der Waals surface area contributed by atoms with Gasteiger partial charge in [-0.15, -0.1) is 44.1 Å². The molecule has 4 aliphatic rings. The van der Waals surface area contributed by atoms with Crippen LogP contribution >= 0.6 is 0 Å². The molecule has 0 radical (unpaired) electrons. The first-order valence-corrected chi connectivity index (χ1v) is 40.7. The Hall–Kier alpha value is -12.4. The van der Waals surface area contributed by atoms with E-state index in [0.717, 1.165) is 234 Å². The summed E-state index contributed by atoms with van der Waals surface area (Å²) in [6, 6.07) is 61.2. The Labute approximate surface area is 736 Å². The van der Waals surface area contributed by atoms with Gasteiger partial charge in [0.2, 0.25) is 0 Å². The zero-order chi connectivity index (χ0) is 82.0. The number of nitrogens with zero attached hydrogens (tertiary/aromatic N) is 8. The molecule has 14 aromatic rings. The molecule has 4 aliphatic heterocycles. The van der Waals surface area contributed by atoms with E-state index in [2.05, 4.69) is 367 Å². The summed E-state index contributed by atoms with van der Waals surface area (Å²) >= 11 is 0. The van der Waals surface area contributed by atoms with Gasteiger partial charge in [-0.1, -0.05) is 191 Å². The van der Waals surface area contributed by atoms with Crippen molar-refractivity contribution in [3.8, 4) is 113 Å². The molecule has 0 aliphatic carbocycles. The van der Waals surface area contributed by atoms with E-state index in [1.807, 2.05) is 0 Å². The van der Waals surface area contributed by atoms with Crippen molar-refractivity contribution in [1.29, 1.82) is 0 Å². The van der Waals surface area contributed by atoms with Crippen LogP contribution < -0.4 is 19.9 Å². The van der Waals surface area contributed by atoms with Gasteiger partial charge in [-0.3, -0.25) is 0 Å². The molecule has 0 unspecified atom stereocenters. The van der Waals surface area contributed by atoms with E-state index in [0.29, 0.717) is 0 Å². The summed E-state index contributed by atoms with van der Waals surface area (Å²) in [4.78, 5) is 45.4. The van der Waals surface area contributed by atoms with Gasteiger partial charge < -0.3 is 19.9 Å². The second-order valence-electron chi connectivity index (χ2n) is 33.0. The largest absolute Gasteiger partial charge is 2.00 e. The van der Waals surface area contributed by atoms with Crippen LogP contribution in [0.4, 0.5) is 0 Å². The molecule has 18 rings (SSSR count). The Kier molecular flexibility index (Phi) is 22.0. The minimum atomic E-state index is 0. The molecule has 0 saturated carbocycles. The van der Waals surface area contributed by atoms with Crippen LogP contribution in [0.3, 0.4) is 0 Å². The topological polar surface area (TPSA) is 108 Å². The quantitative estimate of drug-likeness (QED) is 0.109. The van der Waals surface area contributed by atoms with E-state index >= 15 is 0 Å². The van der Waals surface area contributed by atoms with Crippen molar-refractivity contribution in [2.24, 2.45) is 0 Å². The zero-order valence-electron chi connectivity index (χ0n) is 71.8. The van der Waals surface area contributed by atoms with E-state index in [-0.39, 0.29) is 46.1 Å². The Morgan fingerprint density at radius 2 is 0.333 bits per heavy atom. The first-order valence-electron chi connectivity index (χ1n) is 40.7. The van der Waals surface area contributed by atoms with Gasteiger partial charge in [0.25, 0.3) is 0 Å². The van der Waals surface area contributed by atoms with Crippen molar-refractivity contribution in [3.63, 3.8) is 0 Å². The monoisotopic (exact) mass is 1570 g/mol. The van der Waals surface area contributed by atoms with Gasteiger partial charge in [-0.2, -0.15) is 0 Å². The van der Waals surface area contributed by atoms with Crippen LogP contribution in [-0.4, -0.2) is 66.0 Å². The maximum atomic E-state index is 5.67. The second kappa shape index (κ2) is 32.4. The van der Waals surface area contributed by atoms with Gasteiger partial charge in [0, 0.05) is 11.1 Å². The molecule has 120 heavy (non-hydrogen) atoms. The van der Waals surface area contributed by atoms with E-state index in [9.17, 15) is 0 Å². The maximum absolute atomic E-state index is 5.67. The predicted octanol–water partition coefficient (Wildman–Crippen LogP) is 25.7. The second-order valence-corrected chi connectivity index (χ2v) is 33.0. The molecule has 0 N–H and O–H groups in total. The van der Waals surface area contributed by atoms with Crippen LogP contribution in [0.1, 0.15) is 157 Å². The number of aryl methyl sites for hydroxylation is 18. The van der Waals surface area contributed by atoms with Gasteiger partial charge in [-0.25, -0.2) is 19.9 Å². The standard InChI is InChI=1S/C110H90N8.2Mg/c1-59-47-65(7)97(66(8)48-59)105-85-35-31-81(111-85)103(82-32-36-86(112-82)106(98-67(9)49-60(2)50-68(98)10)90-40-44-94(116-90)109(93-43-39-89(105)115-93)101-73(15)55-63(5)56-74(101)16)79-27-23-77(24-28-79)21-19-20-22-78-25-29-80(30-26-78)104-83-33-37-87(113-83)107(99-69(11)51-61(3)52-70(99)12)91-41-45-95(117-91)110(102-75(17)57-64(6)58-76(102)18)96-46-42-92(118-96)108(88-38-34-84(104)114-88)100-71(13)53-62(4)54-72(100)14;;/h23-58H,1-18H3;;/q-4;2*+2. The summed E-state index contributed by atoms with van der Waals surface area (Å²) in [6.07, 6.45) is 17.3. The van der Waals surface area contributed by atoms with Crippen LogP contribution in [0, 0.1) is 148 Å². The smallest absolute Gasteiger partial charge is 0.657 e. The van der Waals surface area contributed by atoms with Gasteiger partial charge in [-0.05, 0) is 365 Å². The first-order chi connectivity index (χ1) is 56.8. The molecule has 0 saturated heterocycles. The van der Waals surface area contributed by atoms with Gasteiger partial charge in [0.1, 0.15) is 0 Å². The molecule has 16 bridgehead atoms. The average molecular weight is 1570 g/mol. The molecule has 0 amide bonds. The molecule has 10 heteroatoms. The van der Waals surface area contributed by atoms with Crippen LogP contribution in [0.2, 0.25) is 0 Å². The van der Waals surface area contributed by atoms with E-state index in [4.69, 9.17) is 39.9 Å². The van der Waals surface area contributed by atoms with Gasteiger partial charge >= 0.3 is 46.1 Å². The van der Waals surface area contributed by atoms with Gasteiger partial charge in [0.15, 0.2) is 0 Å². The third-order valence-corrected chi connectivity index (χ3v) is 23.6. The predicted molar refractivity (Wildman–Crippen MR) is 508 cm³/mol. The first kappa shape index (κ1) is 81.4. The minimum Gasteiger partial charge on any atom is -0.657 e. The number of aromatic nitrogens is 8. The Morgan fingerprint density at radius 3 is 0.500 bits per heavy atom. The maximum Gasteiger partial charge on any atom is 2.00 e. The average Bonchev–Trinajstić information content (AvgIpc) is 1.59. The molecule has 574 valence electrons. The summed E-state index contributed by atoms with van der Waals surface area (Å²) in [5.74, 6) is 13.2. The van der Waals surface area contributed by atoms with Crippen molar-refractivity contribution in [1.82, 2.24) is 39.9 Å². The van der Waals surface area contributed by atoms with Crippen molar-refractivity contribution in [2.45, 2.75) is 125 Å². The minimum absolute atomic E-state index is 0. The molecular weight excluding hydrogens is 1480 g/mol. The fourth-order valence-corrected chi connectivity index (χ4v) is 19.4. The van der Waals surface area contributed by atoms with E-state index < -0.39 is 0 Å². The third kappa shape index (κ3) is 14.9. The number of hydrogen-bond donors (Lipinski definition) is 0. The number of benzene rings is 8. The number of fused-ring (bicyclic) bond motifs is 16. The molecule has 0 fully saturated rings. The van der Waals surface area contributed by atoms with Crippen LogP contribution in [-0.2, 0) is 0 Å². The number of rotatable bonds is 8. The molecule has 6 aromatic heterocycles. The molecule has 10 heterocycles. The van der Waals surface area contributed by atoms with E-state index in [1.165, 1.54) is 55.6 Å². The fraction of sp³-hybridized carbons (Fsp3) is 0.164. The summed E-state index contributed by atoms with van der Waals surface area (Å²) in [5.41, 5.74) is 52.3. The fourth-order valence-electron chi connectivity index (χ4n) is 19.4. The third-order valence-electron chi connectivity index (χ3n) is 23.6. The summed E-state index contributed by atoms with van der Waals surface area (Å²) < 4.78 is 0. The van der Waals surface area contributed by atoms with Gasteiger partial charge in [0.05, 0.1) is 45.6 Å². The Morgan fingerprint density at radius 1 is 0.183 bits per heavy atom. The Balaban J connectivity index is 0.00000536. The number of hydrogen-bond acceptors (Lipinski definition) is 4. The van der Waals surface area contributed by atoms with Crippen molar-refractivity contribution in [2.75, 3.05) is 0 Å². The van der Waals surface area contributed by atoms with Crippen molar-refractivity contribution in [3.05, 3.63) is 327 Å². The molecule has 8 nitrogen and oxygen atoms in total. The molecule has 8 aromatic carbocycles. The summed E-state index contributed by atoms with van der Waals surface area (Å²) in [5, 5.41) is 0. The summed E-state index contributed by atoms with van der Waals surface area (Å²) in [6.45, 7) is 39.4. The zero-order valence-corrected chi connectivity index (χ0v) is 74.6. The van der Waals surface area contributed by atoms with Crippen LogP contribution in [0.25, 0.3) is 182 Å². The van der Waals surface area contributed by atoms with E-state index in [1.54, 1.807) is 0 Å².